The Morgan fingerprint density at radius 1 is 1.82 bits per heavy atom. The van der Waals surface area contributed by atoms with Gasteiger partial charge in [-0.1, -0.05) is 0 Å². The Hall–Kier alpha value is -0.450. The van der Waals surface area contributed by atoms with Gasteiger partial charge in [0.25, 0.3) is 0 Å². The summed E-state index contributed by atoms with van der Waals surface area (Å²) in [7, 11) is 1.82. The van der Waals surface area contributed by atoms with Crippen LogP contribution >= 0.6 is 11.3 Å². The van der Waals surface area contributed by atoms with Gasteiger partial charge < -0.3 is 10.4 Å². The lowest BCUT2D eigenvalue weighted by Crippen LogP contribution is -2.20. The zero-order valence-electron chi connectivity index (χ0n) is 6.66. The maximum atomic E-state index is 8.89. The van der Waals surface area contributed by atoms with E-state index >= 15 is 0 Å². The lowest BCUT2D eigenvalue weighted by Gasteiger charge is -2.08. The van der Waals surface area contributed by atoms with Crippen LogP contribution in [0.5, 0.6) is 0 Å². The van der Waals surface area contributed by atoms with Crippen LogP contribution in [-0.2, 0) is 0 Å². The highest BCUT2D eigenvalue weighted by molar-refractivity contribution is 7.09. The van der Waals surface area contributed by atoms with E-state index in [1.807, 2.05) is 19.4 Å². The standard InChI is InChI=1S/C7H12N2OS/c1-5-9-7(4-11-5)6(3-10)8-2/h4,6,8,10H,3H2,1-2H3. The van der Waals surface area contributed by atoms with E-state index < -0.39 is 0 Å². The molecule has 1 aromatic heterocycles. The topological polar surface area (TPSA) is 45.1 Å². The quantitative estimate of drug-likeness (QED) is 0.705. The van der Waals surface area contributed by atoms with E-state index in [1.54, 1.807) is 11.3 Å². The maximum Gasteiger partial charge on any atom is 0.0898 e. The van der Waals surface area contributed by atoms with Gasteiger partial charge in [0.05, 0.1) is 23.4 Å². The summed E-state index contributed by atoms with van der Waals surface area (Å²) < 4.78 is 0. The number of aromatic nitrogens is 1. The van der Waals surface area contributed by atoms with Crippen molar-refractivity contribution in [2.24, 2.45) is 0 Å². The third kappa shape index (κ3) is 1.99. The molecule has 1 aromatic rings. The highest BCUT2D eigenvalue weighted by atomic mass is 32.1. The van der Waals surface area contributed by atoms with Gasteiger partial charge in [-0.3, -0.25) is 0 Å². The average Bonchev–Trinajstić information content (AvgIpc) is 2.39. The van der Waals surface area contributed by atoms with E-state index in [9.17, 15) is 0 Å². The Labute approximate surface area is 70.1 Å². The zero-order valence-corrected chi connectivity index (χ0v) is 7.48. The summed E-state index contributed by atoms with van der Waals surface area (Å²) in [5.41, 5.74) is 0.928. The van der Waals surface area contributed by atoms with Crippen molar-refractivity contribution in [3.05, 3.63) is 16.1 Å². The fourth-order valence-corrected chi connectivity index (χ4v) is 1.54. The number of aliphatic hydroxyl groups excluding tert-OH is 1. The number of aryl methyl sites for hydroxylation is 1. The molecule has 0 saturated carbocycles. The van der Waals surface area contributed by atoms with Crippen LogP contribution in [0.2, 0.25) is 0 Å². The van der Waals surface area contributed by atoms with E-state index in [0.29, 0.717) is 0 Å². The Morgan fingerprint density at radius 3 is 2.91 bits per heavy atom. The largest absolute Gasteiger partial charge is 0.394 e. The number of hydrogen-bond donors (Lipinski definition) is 2. The predicted molar refractivity (Wildman–Crippen MR) is 45.7 cm³/mol. The van der Waals surface area contributed by atoms with E-state index in [4.69, 9.17) is 5.11 Å². The fraction of sp³-hybridized carbons (Fsp3) is 0.571. The first-order chi connectivity index (χ1) is 5.27. The molecule has 62 valence electrons. The summed E-state index contributed by atoms with van der Waals surface area (Å²) in [5, 5.41) is 14.9. The Morgan fingerprint density at radius 2 is 2.55 bits per heavy atom. The molecule has 0 aliphatic carbocycles. The van der Waals surface area contributed by atoms with Crippen molar-refractivity contribution < 1.29 is 5.11 Å². The number of hydrogen-bond acceptors (Lipinski definition) is 4. The van der Waals surface area contributed by atoms with Crippen LogP contribution in [0.3, 0.4) is 0 Å². The normalized spacial score (nSPS) is 13.4. The Kier molecular flexibility index (Phi) is 2.99. The molecule has 0 radical (unpaired) electrons. The summed E-state index contributed by atoms with van der Waals surface area (Å²) in [5.74, 6) is 0. The maximum absolute atomic E-state index is 8.89. The molecule has 0 saturated heterocycles. The molecule has 4 heteroatoms. The van der Waals surface area contributed by atoms with Gasteiger partial charge in [-0.15, -0.1) is 11.3 Å². The highest BCUT2D eigenvalue weighted by Gasteiger charge is 2.09. The molecule has 11 heavy (non-hydrogen) atoms. The van der Waals surface area contributed by atoms with Gasteiger partial charge in [-0.25, -0.2) is 4.98 Å². The lowest BCUT2D eigenvalue weighted by molar-refractivity contribution is 0.249. The third-order valence-corrected chi connectivity index (χ3v) is 2.32. The number of rotatable bonds is 3. The minimum atomic E-state index is -0.0139. The number of aliphatic hydroxyl groups is 1. The molecule has 1 atom stereocenters. The molecule has 2 N–H and O–H groups in total. The van der Waals surface area contributed by atoms with Crippen molar-refractivity contribution in [2.75, 3.05) is 13.7 Å². The number of thiazole rings is 1. The predicted octanol–water partition coefficient (Wildman–Crippen LogP) is 0.704. The second-order valence-corrected chi connectivity index (χ2v) is 3.38. The molecule has 1 unspecified atom stereocenters. The van der Waals surface area contributed by atoms with Crippen molar-refractivity contribution in [3.63, 3.8) is 0 Å². The summed E-state index contributed by atoms with van der Waals surface area (Å²) >= 11 is 1.60. The van der Waals surface area contributed by atoms with Crippen molar-refractivity contribution in [1.29, 1.82) is 0 Å². The first-order valence-electron chi connectivity index (χ1n) is 3.48. The van der Waals surface area contributed by atoms with Crippen molar-refractivity contribution in [3.8, 4) is 0 Å². The lowest BCUT2D eigenvalue weighted by atomic mass is 10.2. The van der Waals surface area contributed by atoms with Crippen LogP contribution in [-0.4, -0.2) is 23.7 Å². The molecule has 0 amide bonds. The molecule has 1 heterocycles. The van der Waals surface area contributed by atoms with Crippen LogP contribution in [0.1, 0.15) is 16.7 Å². The van der Waals surface area contributed by atoms with E-state index in [0.717, 1.165) is 10.7 Å². The van der Waals surface area contributed by atoms with Crippen LogP contribution < -0.4 is 5.32 Å². The second-order valence-electron chi connectivity index (χ2n) is 2.32. The molecule has 0 aliphatic rings. The van der Waals surface area contributed by atoms with Gasteiger partial charge in [0.15, 0.2) is 0 Å². The minimum absolute atomic E-state index is 0.0139. The second kappa shape index (κ2) is 3.80. The van der Waals surface area contributed by atoms with Crippen LogP contribution in [0.15, 0.2) is 5.38 Å². The Balaban J connectivity index is 2.73. The number of nitrogens with one attached hydrogen (secondary N) is 1. The smallest absolute Gasteiger partial charge is 0.0898 e. The molecule has 0 fully saturated rings. The molecule has 0 spiro atoms. The van der Waals surface area contributed by atoms with Gasteiger partial charge in [0, 0.05) is 5.38 Å². The van der Waals surface area contributed by atoms with Crippen molar-refractivity contribution in [1.82, 2.24) is 10.3 Å². The third-order valence-electron chi connectivity index (χ3n) is 1.52. The van der Waals surface area contributed by atoms with Gasteiger partial charge in [0.1, 0.15) is 0 Å². The fourth-order valence-electron chi connectivity index (χ4n) is 0.873. The van der Waals surface area contributed by atoms with Crippen LogP contribution in [0.25, 0.3) is 0 Å². The minimum Gasteiger partial charge on any atom is -0.394 e. The van der Waals surface area contributed by atoms with Gasteiger partial charge in [-0.05, 0) is 14.0 Å². The van der Waals surface area contributed by atoms with E-state index in [-0.39, 0.29) is 12.6 Å². The summed E-state index contributed by atoms with van der Waals surface area (Å²) in [4.78, 5) is 4.25. The Bertz CT molecular complexity index is 220. The molecular weight excluding hydrogens is 160 g/mol. The summed E-state index contributed by atoms with van der Waals surface area (Å²) in [6, 6.07) is -0.0139. The first-order valence-corrected chi connectivity index (χ1v) is 4.36. The highest BCUT2D eigenvalue weighted by Crippen LogP contribution is 2.14. The van der Waals surface area contributed by atoms with Gasteiger partial charge in [0.2, 0.25) is 0 Å². The van der Waals surface area contributed by atoms with E-state index in [2.05, 4.69) is 10.3 Å². The first kappa shape index (κ1) is 8.64. The molecule has 1 rings (SSSR count). The van der Waals surface area contributed by atoms with Crippen LogP contribution in [0.4, 0.5) is 0 Å². The molecular formula is C7H12N2OS. The molecule has 3 nitrogen and oxygen atoms in total. The van der Waals surface area contributed by atoms with E-state index in [1.165, 1.54) is 0 Å². The molecule has 0 aromatic carbocycles. The van der Waals surface area contributed by atoms with Crippen LogP contribution in [0, 0.1) is 6.92 Å². The summed E-state index contributed by atoms with van der Waals surface area (Å²) in [6.07, 6.45) is 0. The SMILES string of the molecule is CNC(CO)c1csc(C)n1. The monoisotopic (exact) mass is 172 g/mol. The molecule has 0 aliphatic heterocycles. The summed E-state index contributed by atoms with van der Waals surface area (Å²) in [6.45, 7) is 2.05. The zero-order chi connectivity index (χ0) is 8.27. The van der Waals surface area contributed by atoms with Gasteiger partial charge >= 0.3 is 0 Å². The average molecular weight is 172 g/mol. The molecule has 0 bridgehead atoms. The number of nitrogens with zero attached hydrogens (tertiary/aromatic N) is 1. The number of likely N-dealkylation sites (N-methyl/N-ethyl adjacent to an activating group) is 1. The van der Waals surface area contributed by atoms with Crippen molar-refractivity contribution >= 4 is 11.3 Å². The van der Waals surface area contributed by atoms with Gasteiger partial charge in [-0.2, -0.15) is 0 Å². The van der Waals surface area contributed by atoms with Crippen molar-refractivity contribution in [2.45, 2.75) is 13.0 Å².